The highest BCUT2D eigenvalue weighted by atomic mass is 32.2. The second-order valence-corrected chi connectivity index (χ2v) is 10.9. The molecule has 204 valence electrons. The van der Waals surface area contributed by atoms with Crippen LogP contribution in [0.1, 0.15) is 15.9 Å². The lowest BCUT2D eigenvalue weighted by Gasteiger charge is -2.26. The van der Waals surface area contributed by atoms with Gasteiger partial charge in [0.1, 0.15) is 0 Å². The van der Waals surface area contributed by atoms with Crippen LogP contribution >= 0.6 is 0 Å². The van der Waals surface area contributed by atoms with Crippen LogP contribution < -0.4 is 15.5 Å². The summed E-state index contributed by atoms with van der Waals surface area (Å²) in [7, 11) is -1.46. The van der Waals surface area contributed by atoms with Gasteiger partial charge in [0.05, 0.1) is 4.90 Å². The lowest BCUT2D eigenvalue weighted by atomic mass is 10.0. The van der Waals surface area contributed by atoms with Crippen molar-refractivity contribution in [3.8, 4) is 0 Å². The molecular formula is C27H28N4O7S. The van der Waals surface area contributed by atoms with Crippen LogP contribution in [-0.2, 0) is 26.2 Å². The highest BCUT2D eigenvalue weighted by Gasteiger charge is 2.26. The summed E-state index contributed by atoms with van der Waals surface area (Å²) in [6.45, 7) is 2.97. The van der Waals surface area contributed by atoms with Crippen molar-refractivity contribution in [2.24, 2.45) is 0 Å². The van der Waals surface area contributed by atoms with Gasteiger partial charge < -0.3 is 25.7 Å². The molecule has 0 aliphatic carbocycles. The number of sulfonamides is 1. The molecule has 11 nitrogen and oxygen atoms in total. The molecule has 3 aromatic carbocycles. The van der Waals surface area contributed by atoms with Gasteiger partial charge in [-0.3, -0.25) is 4.79 Å². The molecule has 5 rings (SSSR count). The van der Waals surface area contributed by atoms with Crippen LogP contribution in [0.5, 0.6) is 0 Å². The number of hydrogen-bond acceptors (Lipinski definition) is 7. The van der Waals surface area contributed by atoms with Crippen molar-refractivity contribution in [3.05, 3.63) is 77.9 Å². The van der Waals surface area contributed by atoms with E-state index in [0.29, 0.717) is 55.3 Å². The lowest BCUT2D eigenvalue weighted by Crippen LogP contribution is -2.46. The second kappa shape index (κ2) is 11.6. The molecule has 2 heterocycles. The van der Waals surface area contributed by atoms with E-state index in [4.69, 9.17) is 10.2 Å². The first-order chi connectivity index (χ1) is 18.6. The molecule has 0 spiro atoms. The van der Waals surface area contributed by atoms with Crippen molar-refractivity contribution in [1.29, 1.82) is 0 Å². The number of rotatable bonds is 7. The van der Waals surface area contributed by atoms with Gasteiger partial charge >= 0.3 is 11.9 Å². The van der Waals surface area contributed by atoms with Gasteiger partial charge in [-0.25, -0.2) is 18.0 Å². The molecule has 4 N–H and O–H groups in total. The third-order valence-corrected chi connectivity index (χ3v) is 8.26. The van der Waals surface area contributed by atoms with Crippen molar-refractivity contribution in [2.75, 3.05) is 43.4 Å². The molecule has 12 heteroatoms. The topological polar surface area (TPSA) is 156 Å². The van der Waals surface area contributed by atoms with E-state index < -0.39 is 22.0 Å². The average molecular weight is 553 g/mol. The zero-order valence-corrected chi connectivity index (χ0v) is 21.9. The van der Waals surface area contributed by atoms with Gasteiger partial charge in [-0.1, -0.05) is 24.3 Å². The number of hydrogen-bond donors (Lipinski definition) is 4. The summed E-state index contributed by atoms with van der Waals surface area (Å²) in [6.07, 6.45) is 1.12. The number of piperazine rings is 1. The number of amides is 1. The lowest BCUT2D eigenvalue weighted by molar-refractivity contribution is -0.134. The Morgan fingerprint density at radius 3 is 2.23 bits per heavy atom. The Balaban J connectivity index is 0.000000386. The number of anilines is 2. The third kappa shape index (κ3) is 6.25. The summed E-state index contributed by atoms with van der Waals surface area (Å²) in [4.78, 5) is 33.7. The van der Waals surface area contributed by atoms with Crippen molar-refractivity contribution < 1.29 is 33.0 Å². The normalized spacial score (nSPS) is 15.1. The second-order valence-electron chi connectivity index (χ2n) is 8.98. The Hall–Kier alpha value is -4.26. The molecule has 0 unspecified atom stereocenters. The van der Waals surface area contributed by atoms with Crippen LogP contribution in [0.25, 0.3) is 10.8 Å². The number of benzene rings is 3. The van der Waals surface area contributed by atoms with Gasteiger partial charge in [0.25, 0.3) is 5.91 Å². The number of carbonyl (C=O) groups is 3. The highest BCUT2D eigenvalue weighted by molar-refractivity contribution is 7.89. The predicted molar refractivity (Wildman–Crippen MR) is 146 cm³/mol. The van der Waals surface area contributed by atoms with E-state index in [1.165, 1.54) is 4.31 Å². The zero-order valence-electron chi connectivity index (χ0n) is 21.1. The Labute approximate surface area is 225 Å². The number of aliphatic carboxylic acids is 2. The van der Waals surface area contributed by atoms with Crippen molar-refractivity contribution in [1.82, 2.24) is 9.62 Å². The molecule has 0 atom stereocenters. The van der Waals surface area contributed by atoms with E-state index in [-0.39, 0.29) is 5.91 Å². The standard InChI is InChI=1S/C23H24N4O3S.C4H4O4/c1-26(21-10-9-20-22-18(21)3-2-4-19(22)23(28)25-20)15-16-5-7-17(8-6-16)31(29,30)27-13-11-24-12-14-27;5-3(6)1-2-4(7)8/h2-10,24H,11-15H2,1H3,(H,25,28);1-2H,(H,5,6)(H,7,8)/b;2-1-. The van der Waals surface area contributed by atoms with Crippen molar-refractivity contribution in [2.45, 2.75) is 11.4 Å². The quantitative estimate of drug-likeness (QED) is 0.323. The van der Waals surface area contributed by atoms with Crippen LogP contribution in [0.2, 0.25) is 0 Å². The smallest absolute Gasteiger partial charge is 0.328 e. The van der Waals surface area contributed by atoms with Crippen LogP contribution in [0.3, 0.4) is 0 Å². The SMILES string of the molecule is CN(Cc1ccc(S(=O)(=O)N2CCNCC2)cc1)c1ccc2c3c(cccc13)C(=O)N2.O=C(O)/C=C\C(=O)O. The van der Waals surface area contributed by atoms with Crippen LogP contribution in [0.15, 0.2) is 71.6 Å². The van der Waals surface area contributed by atoms with Gasteiger partial charge in [0, 0.05) is 79.6 Å². The number of carboxylic acids is 2. The Morgan fingerprint density at radius 1 is 0.974 bits per heavy atom. The van der Waals surface area contributed by atoms with Gasteiger partial charge in [-0.05, 0) is 35.9 Å². The first-order valence-electron chi connectivity index (χ1n) is 12.1. The molecule has 39 heavy (non-hydrogen) atoms. The van der Waals surface area contributed by atoms with Crippen molar-refractivity contribution >= 4 is 50.0 Å². The van der Waals surface area contributed by atoms with Crippen LogP contribution in [0, 0.1) is 0 Å². The maximum Gasteiger partial charge on any atom is 0.328 e. The molecule has 1 saturated heterocycles. The van der Waals surface area contributed by atoms with Gasteiger partial charge in [0.15, 0.2) is 0 Å². The van der Waals surface area contributed by atoms with Gasteiger partial charge in [0.2, 0.25) is 10.0 Å². The Bertz CT molecular complexity index is 1530. The fraction of sp³-hybridized carbons (Fsp3) is 0.222. The summed E-state index contributed by atoms with van der Waals surface area (Å²) in [5.74, 6) is -2.58. The monoisotopic (exact) mass is 552 g/mol. The number of carboxylic acid groups (broad SMARTS) is 2. The van der Waals surface area contributed by atoms with E-state index in [0.717, 1.165) is 27.7 Å². The summed E-state index contributed by atoms with van der Waals surface area (Å²) < 4.78 is 27.2. The summed E-state index contributed by atoms with van der Waals surface area (Å²) in [5, 5.41) is 23.7. The fourth-order valence-corrected chi connectivity index (χ4v) is 5.95. The van der Waals surface area contributed by atoms with E-state index in [2.05, 4.69) is 15.5 Å². The molecular weight excluding hydrogens is 524 g/mol. The largest absolute Gasteiger partial charge is 0.478 e. The van der Waals surface area contributed by atoms with E-state index >= 15 is 0 Å². The predicted octanol–water partition coefficient (Wildman–Crippen LogP) is 2.35. The van der Waals surface area contributed by atoms with Crippen LogP contribution in [-0.4, -0.2) is 74.0 Å². The molecule has 0 radical (unpaired) electrons. The zero-order chi connectivity index (χ0) is 28.2. The maximum atomic E-state index is 12.8. The molecule has 0 bridgehead atoms. The minimum atomic E-state index is -3.46. The Kier molecular flexibility index (Phi) is 8.29. The summed E-state index contributed by atoms with van der Waals surface area (Å²) >= 11 is 0. The van der Waals surface area contributed by atoms with E-state index in [9.17, 15) is 22.8 Å². The highest BCUT2D eigenvalue weighted by Crippen LogP contribution is 2.38. The minimum Gasteiger partial charge on any atom is -0.478 e. The number of nitrogens with one attached hydrogen (secondary N) is 2. The Morgan fingerprint density at radius 2 is 1.62 bits per heavy atom. The number of nitrogens with zero attached hydrogens (tertiary/aromatic N) is 2. The molecule has 0 saturated carbocycles. The molecule has 2 aliphatic heterocycles. The van der Waals surface area contributed by atoms with Gasteiger partial charge in [-0.2, -0.15) is 4.31 Å². The average Bonchev–Trinajstić information content (AvgIpc) is 3.25. The van der Waals surface area contributed by atoms with Crippen LogP contribution in [0.4, 0.5) is 11.4 Å². The molecule has 1 amide bonds. The summed E-state index contributed by atoms with van der Waals surface area (Å²) in [6, 6.07) is 16.8. The third-order valence-electron chi connectivity index (χ3n) is 6.35. The van der Waals surface area contributed by atoms with Crippen molar-refractivity contribution in [3.63, 3.8) is 0 Å². The minimum absolute atomic E-state index is 0.0679. The first-order valence-corrected chi connectivity index (χ1v) is 13.5. The number of carbonyl (C=O) groups excluding carboxylic acids is 1. The first kappa shape index (κ1) is 27.8. The molecule has 3 aromatic rings. The molecule has 0 aromatic heterocycles. The van der Waals surface area contributed by atoms with Gasteiger partial charge in [-0.15, -0.1) is 0 Å². The maximum absolute atomic E-state index is 12.8. The molecule has 2 aliphatic rings. The van der Waals surface area contributed by atoms with E-state index in [1.807, 2.05) is 49.5 Å². The fourth-order valence-electron chi connectivity index (χ4n) is 4.51. The van der Waals surface area contributed by atoms with E-state index in [1.54, 1.807) is 12.1 Å². The molecule has 1 fully saturated rings. The summed E-state index contributed by atoms with van der Waals surface area (Å²) in [5.41, 5.74) is 3.58.